The SMILES string of the molecule is CCn1cc(NC(C)Cc2ccccc2F)ccc1=O. The third kappa shape index (κ3) is 3.47. The fraction of sp³-hybridized carbons (Fsp3) is 0.312. The van der Waals surface area contributed by atoms with Crippen LogP contribution in [0.3, 0.4) is 0 Å². The van der Waals surface area contributed by atoms with Crippen molar-refractivity contribution in [3.8, 4) is 0 Å². The molecule has 0 bridgehead atoms. The summed E-state index contributed by atoms with van der Waals surface area (Å²) in [6.45, 7) is 4.55. The maximum Gasteiger partial charge on any atom is 0.250 e. The van der Waals surface area contributed by atoms with E-state index in [2.05, 4.69) is 5.32 Å². The molecule has 20 heavy (non-hydrogen) atoms. The monoisotopic (exact) mass is 274 g/mol. The van der Waals surface area contributed by atoms with Crippen molar-refractivity contribution in [3.05, 3.63) is 64.3 Å². The van der Waals surface area contributed by atoms with Gasteiger partial charge in [0.05, 0.1) is 5.69 Å². The van der Waals surface area contributed by atoms with Crippen molar-refractivity contribution in [2.45, 2.75) is 32.9 Å². The van der Waals surface area contributed by atoms with E-state index in [1.165, 1.54) is 6.07 Å². The molecule has 1 aromatic heterocycles. The highest BCUT2D eigenvalue weighted by molar-refractivity contribution is 5.41. The Morgan fingerprint density at radius 1 is 1.25 bits per heavy atom. The predicted molar refractivity (Wildman–Crippen MR) is 79.6 cm³/mol. The molecule has 3 nitrogen and oxygen atoms in total. The standard InChI is InChI=1S/C16H19FN2O/c1-3-19-11-14(8-9-16(19)20)18-12(2)10-13-6-4-5-7-15(13)17/h4-9,11-12,18H,3,10H2,1-2H3. The van der Waals surface area contributed by atoms with Crippen molar-refractivity contribution in [2.24, 2.45) is 0 Å². The van der Waals surface area contributed by atoms with E-state index in [1.807, 2.05) is 19.9 Å². The molecule has 0 aliphatic rings. The van der Waals surface area contributed by atoms with E-state index in [1.54, 1.807) is 35.0 Å². The van der Waals surface area contributed by atoms with Crippen LogP contribution in [-0.4, -0.2) is 10.6 Å². The lowest BCUT2D eigenvalue weighted by atomic mass is 10.1. The number of nitrogens with zero attached hydrogens (tertiary/aromatic N) is 1. The van der Waals surface area contributed by atoms with Crippen LogP contribution in [0.25, 0.3) is 0 Å². The Kier molecular flexibility index (Phi) is 4.56. The van der Waals surface area contributed by atoms with E-state index in [9.17, 15) is 9.18 Å². The number of pyridine rings is 1. The van der Waals surface area contributed by atoms with Crippen molar-refractivity contribution in [1.82, 2.24) is 4.57 Å². The number of aromatic nitrogens is 1. The lowest BCUT2D eigenvalue weighted by Gasteiger charge is -2.16. The van der Waals surface area contributed by atoms with Crippen LogP contribution >= 0.6 is 0 Å². The van der Waals surface area contributed by atoms with E-state index >= 15 is 0 Å². The summed E-state index contributed by atoms with van der Waals surface area (Å²) in [5.41, 5.74) is 1.55. The maximum absolute atomic E-state index is 13.6. The van der Waals surface area contributed by atoms with Crippen molar-refractivity contribution < 1.29 is 4.39 Å². The number of halogens is 1. The first kappa shape index (κ1) is 14.3. The molecular formula is C16H19FN2O. The van der Waals surface area contributed by atoms with Crippen LogP contribution in [0.15, 0.2) is 47.4 Å². The molecule has 0 fully saturated rings. The Hall–Kier alpha value is -2.10. The second-order valence-corrected chi connectivity index (χ2v) is 4.88. The molecule has 1 N–H and O–H groups in total. The second kappa shape index (κ2) is 6.37. The third-order valence-corrected chi connectivity index (χ3v) is 3.22. The number of anilines is 1. The normalized spacial score (nSPS) is 12.2. The van der Waals surface area contributed by atoms with Crippen LogP contribution in [-0.2, 0) is 13.0 Å². The molecule has 0 spiro atoms. The van der Waals surface area contributed by atoms with Crippen molar-refractivity contribution >= 4 is 5.69 Å². The summed E-state index contributed by atoms with van der Waals surface area (Å²) in [6.07, 6.45) is 2.39. The molecule has 0 radical (unpaired) electrons. The summed E-state index contributed by atoms with van der Waals surface area (Å²) in [6, 6.07) is 10.2. The van der Waals surface area contributed by atoms with Crippen LogP contribution in [0.2, 0.25) is 0 Å². The highest BCUT2D eigenvalue weighted by Crippen LogP contribution is 2.12. The molecule has 1 unspecified atom stereocenters. The first-order valence-corrected chi connectivity index (χ1v) is 6.80. The minimum Gasteiger partial charge on any atom is -0.381 e. The van der Waals surface area contributed by atoms with Gasteiger partial charge in [-0.15, -0.1) is 0 Å². The summed E-state index contributed by atoms with van der Waals surface area (Å²) in [5, 5.41) is 3.29. The fourth-order valence-electron chi connectivity index (χ4n) is 2.19. The van der Waals surface area contributed by atoms with Crippen molar-refractivity contribution in [3.63, 3.8) is 0 Å². The molecule has 0 amide bonds. The van der Waals surface area contributed by atoms with Gasteiger partial charge in [-0.25, -0.2) is 4.39 Å². The molecule has 1 aromatic carbocycles. The van der Waals surface area contributed by atoms with Crippen LogP contribution in [0.1, 0.15) is 19.4 Å². The third-order valence-electron chi connectivity index (χ3n) is 3.22. The zero-order valence-corrected chi connectivity index (χ0v) is 11.8. The fourth-order valence-corrected chi connectivity index (χ4v) is 2.19. The van der Waals surface area contributed by atoms with Gasteiger partial charge in [0.15, 0.2) is 0 Å². The van der Waals surface area contributed by atoms with Gasteiger partial charge in [-0.3, -0.25) is 4.79 Å². The van der Waals surface area contributed by atoms with Crippen LogP contribution in [0.5, 0.6) is 0 Å². The van der Waals surface area contributed by atoms with Gasteiger partial charge in [0.1, 0.15) is 5.82 Å². The Bertz CT molecular complexity index is 636. The number of nitrogens with one attached hydrogen (secondary N) is 1. The number of hydrogen-bond acceptors (Lipinski definition) is 2. The van der Waals surface area contributed by atoms with Gasteiger partial charge in [0.25, 0.3) is 5.56 Å². The van der Waals surface area contributed by atoms with Crippen LogP contribution in [0.4, 0.5) is 10.1 Å². The van der Waals surface area contributed by atoms with Crippen molar-refractivity contribution in [1.29, 1.82) is 0 Å². The van der Waals surface area contributed by atoms with E-state index < -0.39 is 0 Å². The molecule has 2 aromatic rings. The first-order valence-electron chi connectivity index (χ1n) is 6.80. The molecule has 1 heterocycles. The van der Waals surface area contributed by atoms with Gasteiger partial charge in [-0.2, -0.15) is 0 Å². The van der Waals surface area contributed by atoms with Gasteiger partial charge in [0.2, 0.25) is 0 Å². The topological polar surface area (TPSA) is 34.0 Å². The zero-order valence-electron chi connectivity index (χ0n) is 11.8. The summed E-state index contributed by atoms with van der Waals surface area (Å²) in [7, 11) is 0. The van der Waals surface area contributed by atoms with E-state index in [0.29, 0.717) is 18.5 Å². The molecule has 0 aliphatic carbocycles. The average molecular weight is 274 g/mol. The Morgan fingerprint density at radius 2 is 2.00 bits per heavy atom. The summed E-state index contributed by atoms with van der Waals surface area (Å²) >= 11 is 0. The molecule has 106 valence electrons. The Morgan fingerprint density at radius 3 is 2.70 bits per heavy atom. The number of benzene rings is 1. The number of rotatable bonds is 5. The van der Waals surface area contributed by atoms with Gasteiger partial charge >= 0.3 is 0 Å². The Labute approximate surface area is 118 Å². The zero-order chi connectivity index (χ0) is 14.5. The average Bonchev–Trinajstić information content (AvgIpc) is 2.43. The van der Waals surface area contributed by atoms with Gasteiger partial charge in [0, 0.05) is 24.8 Å². The van der Waals surface area contributed by atoms with E-state index in [-0.39, 0.29) is 17.4 Å². The second-order valence-electron chi connectivity index (χ2n) is 4.88. The quantitative estimate of drug-likeness (QED) is 0.909. The minimum atomic E-state index is -0.181. The van der Waals surface area contributed by atoms with E-state index in [4.69, 9.17) is 0 Å². The molecular weight excluding hydrogens is 255 g/mol. The van der Waals surface area contributed by atoms with Crippen LogP contribution < -0.4 is 10.9 Å². The Balaban J connectivity index is 2.06. The maximum atomic E-state index is 13.6. The largest absolute Gasteiger partial charge is 0.381 e. The van der Waals surface area contributed by atoms with Crippen LogP contribution in [0, 0.1) is 5.82 Å². The smallest absolute Gasteiger partial charge is 0.250 e. The summed E-state index contributed by atoms with van der Waals surface area (Å²) < 4.78 is 15.2. The first-order chi connectivity index (χ1) is 9.60. The molecule has 0 saturated heterocycles. The van der Waals surface area contributed by atoms with Gasteiger partial charge < -0.3 is 9.88 Å². The lowest BCUT2D eigenvalue weighted by molar-refractivity contribution is 0.601. The van der Waals surface area contributed by atoms with E-state index in [0.717, 1.165) is 5.69 Å². The molecule has 1 atom stereocenters. The molecule has 0 saturated carbocycles. The summed E-state index contributed by atoms with van der Waals surface area (Å²) in [5.74, 6) is -0.181. The number of aryl methyl sites for hydroxylation is 1. The highest BCUT2D eigenvalue weighted by atomic mass is 19.1. The minimum absolute atomic E-state index is 0.0141. The van der Waals surface area contributed by atoms with Crippen molar-refractivity contribution in [2.75, 3.05) is 5.32 Å². The summed E-state index contributed by atoms with van der Waals surface area (Å²) in [4.78, 5) is 11.5. The van der Waals surface area contributed by atoms with Gasteiger partial charge in [-0.05, 0) is 38.0 Å². The lowest BCUT2D eigenvalue weighted by Crippen LogP contribution is -2.22. The van der Waals surface area contributed by atoms with Gasteiger partial charge in [-0.1, -0.05) is 18.2 Å². The highest BCUT2D eigenvalue weighted by Gasteiger charge is 2.08. The number of hydrogen-bond donors (Lipinski definition) is 1. The molecule has 2 rings (SSSR count). The molecule has 0 aliphatic heterocycles. The predicted octanol–water partition coefficient (Wildman–Crippen LogP) is 3.05. The molecule has 4 heteroatoms.